The third-order valence-corrected chi connectivity index (χ3v) is 6.20. The van der Waals surface area contributed by atoms with Crippen molar-refractivity contribution in [2.45, 2.75) is 63.3 Å². The van der Waals surface area contributed by atoms with Crippen LogP contribution in [0.5, 0.6) is 0 Å². The van der Waals surface area contributed by atoms with E-state index < -0.39 is 21.5 Å². The molecule has 1 aromatic heterocycles. The number of aryl methyl sites for hydroxylation is 2. The molecular weight excluding hydrogens is 318 g/mol. The standard InChI is InChI=1S/C15H25N3O4S/c1-5-22-14(19)15(9-7-6-8-10-15)17-23(20,21)13-11(2)16-18(4)12(13)3/h17H,5-10H2,1-4H3. The van der Waals surface area contributed by atoms with Crippen molar-refractivity contribution in [1.82, 2.24) is 14.5 Å². The fourth-order valence-corrected chi connectivity index (χ4v) is 5.08. The van der Waals surface area contributed by atoms with E-state index in [1.165, 1.54) is 4.68 Å². The molecule has 1 aliphatic rings. The summed E-state index contributed by atoms with van der Waals surface area (Å²) in [4.78, 5) is 12.6. The molecule has 0 saturated heterocycles. The third-order valence-electron chi connectivity index (χ3n) is 4.41. The van der Waals surface area contributed by atoms with Crippen molar-refractivity contribution < 1.29 is 17.9 Å². The van der Waals surface area contributed by atoms with Gasteiger partial charge in [0.1, 0.15) is 10.4 Å². The smallest absolute Gasteiger partial charge is 0.327 e. The largest absolute Gasteiger partial charge is 0.465 e. The van der Waals surface area contributed by atoms with Gasteiger partial charge in [-0.25, -0.2) is 8.42 Å². The summed E-state index contributed by atoms with van der Waals surface area (Å²) in [5.41, 5.74) is -0.195. The van der Waals surface area contributed by atoms with E-state index in [0.717, 1.165) is 19.3 Å². The number of carbonyl (C=O) groups excluding carboxylic acids is 1. The fourth-order valence-electron chi connectivity index (χ4n) is 3.22. The lowest BCUT2D eigenvalue weighted by molar-refractivity contribution is -0.151. The molecule has 8 heteroatoms. The molecule has 0 bridgehead atoms. The van der Waals surface area contributed by atoms with Gasteiger partial charge in [-0.15, -0.1) is 0 Å². The Kier molecular flexibility index (Phi) is 5.15. The number of esters is 1. The number of aromatic nitrogens is 2. The molecule has 1 N–H and O–H groups in total. The van der Waals surface area contributed by atoms with E-state index in [1.54, 1.807) is 27.8 Å². The van der Waals surface area contributed by atoms with Crippen molar-refractivity contribution in [2.75, 3.05) is 6.61 Å². The summed E-state index contributed by atoms with van der Waals surface area (Å²) in [5.74, 6) is -0.484. The van der Waals surface area contributed by atoms with E-state index in [4.69, 9.17) is 4.74 Å². The molecule has 1 fully saturated rings. The Hall–Kier alpha value is -1.41. The summed E-state index contributed by atoms with van der Waals surface area (Å²) >= 11 is 0. The fraction of sp³-hybridized carbons (Fsp3) is 0.733. The molecule has 0 aliphatic heterocycles. The molecule has 0 unspecified atom stereocenters. The SMILES string of the molecule is CCOC(=O)C1(NS(=O)(=O)c2c(C)nn(C)c2C)CCCCC1. The van der Waals surface area contributed by atoms with Crippen LogP contribution in [-0.2, 0) is 26.6 Å². The van der Waals surface area contributed by atoms with Gasteiger partial charge >= 0.3 is 5.97 Å². The molecule has 0 spiro atoms. The van der Waals surface area contributed by atoms with Gasteiger partial charge in [0.15, 0.2) is 0 Å². The molecule has 1 aliphatic carbocycles. The first kappa shape index (κ1) is 17.9. The molecular formula is C15H25N3O4S. The molecule has 1 saturated carbocycles. The van der Waals surface area contributed by atoms with E-state index in [9.17, 15) is 13.2 Å². The second-order valence-corrected chi connectivity index (χ2v) is 7.71. The number of carbonyl (C=O) groups is 1. The number of nitrogens with zero attached hydrogens (tertiary/aromatic N) is 2. The normalized spacial score (nSPS) is 17.9. The van der Waals surface area contributed by atoms with Gasteiger partial charge in [0.05, 0.1) is 18.0 Å². The summed E-state index contributed by atoms with van der Waals surface area (Å²) in [6.07, 6.45) is 3.51. The predicted octanol–water partition coefficient (Wildman–Crippen LogP) is 1.58. The third kappa shape index (κ3) is 3.42. The lowest BCUT2D eigenvalue weighted by atomic mass is 9.82. The highest BCUT2D eigenvalue weighted by Crippen LogP contribution is 2.32. The highest BCUT2D eigenvalue weighted by atomic mass is 32.2. The van der Waals surface area contributed by atoms with Crippen LogP contribution in [0.15, 0.2) is 4.90 Å². The van der Waals surface area contributed by atoms with E-state index in [-0.39, 0.29) is 11.5 Å². The number of rotatable bonds is 5. The quantitative estimate of drug-likeness (QED) is 0.820. The monoisotopic (exact) mass is 343 g/mol. The molecule has 7 nitrogen and oxygen atoms in total. The van der Waals surface area contributed by atoms with Gasteiger partial charge in [-0.05, 0) is 33.6 Å². The summed E-state index contributed by atoms with van der Waals surface area (Å²) < 4.78 is 35.1. The van der Waals surface area contributed by atoms with E-state index in [0.29, 0.717) is 24.2 Å². The molecule has 0 radical (unpaired) electrons. The molecule has 0 atom stereocenters. The zero-order valence-electron chi connectivity index (χ0n) is 14.2. The van der Waals surface area contributed by atoms with Gasteiger partial charge in [0.25, 0.3) is 0 Å². The molecule has 2 rings (SSSR count). The Labute approximate surface area is 137 Å². The zero-order valence-corrected chi connectivity index (χ0v) is 15.0. The van der Waals surface area contributed by atoms with Crippen LogP contribution in [0.1, 0.15) is 50.4 Å². The minimum Gasteiger partial charge on any atom is -0.465 e. The van der Waals surface area contributed by atoms with Gasteiger partial charge < -0.3 is 4.74 Å². The Bertz CT molecular complexity index is 688. The van der Waals surface area contributed by atoms with E-state index in [2.05, 4.69) is 9.82 Å². The topological polar surface area (TPSA) is 90.3 Å². The predicted molar refractivity (Wildman–Crippen MR) is 85.5 cm³/mol. The number of nitrogens with one attached hydrogen (secondary N) is 1. The van der Waals surface area contributed by atoms with Crippen LogP contribution in [0.4, 0.5) is 0 Å². The van der Waals surface area contributed by atoms with Crippen LogP contribution in [-0.4, -0.2) is 36.3 Å². The molecule has 0 aromatic carbocycles. The summed E-state index contributed by atoms with van der Waals surface area (Å²) in [7, 11) is -2.16. The van der Waals surface area contributed by atoms with Crippen molar-refractivity contribution in [3.63, 3.8) is 0 Å². The number of hydrogen-bond acceptors (Lipinski definition) is 5. The number of hydrogen-bond donors (Lipinski definition) is 1. The van der Waals surface area contributed by atoms with Crippen LogP contribution in [0, 0.1) is 13.8 Å². The Balaban J connectivity index is 2.40. The van der Waals surface area contributed by atoms with Crippen molar-refractivity contribution in [1.29, 1.82) is 0 Å². The summed E-state index contributed by atoms with van der Waals surface area (Å²) in [5, 5.41) is 4.16. The van der Waals surface area contributed by atoms with Crippen LogP contribution in [0.3, 0.4) is 0 Å². The van der Waals surface area contributed by atoms with Gasteiger partial charge in [-0.3, -0.25) is 9.48 Å². The summed E-state index contributed by atoms with van der Waals surface area (Å²) in [6.45, 7) is 5.30. The molecule has 23 heavy (non-hydrogen) atoms. The second kappa shape index (κ2) is 6.60. The highest BCUT2D eigenvalue weighted by molar-refractivity contribution is 7.89. The maximum absolute atomic E-state index is 12.9. The Morgan fingerprint density at radius 1 is 1.30 bits per heavy atom. The van der Waals surface area contributed by atoms with Crippen LogP contribution < -0.4 is 4.72 Å². The van der Waals surface area contributed by atoms with E-state index >= 15 is 0 Å². The molecule has 130 valence electrons. The van der Waals surface area contributed by atoms with Gasteiger partial charge in [-0.1, -0.05) is 19.3 Å². The maximum atomic E-state index is 12.9. The Morgan fingerprint density at radius 2 is 1.91 bits per heavy atom. The average molecular weight is 343 g/mol. The maximum Gasteiger partial charge on any atom is 0.327 e. The van der Waals surface area contributed by atoms with Crippen molar-refractivity contribution in [3.8, 4) is 0 Å². The van der Waals surface area contributed by atoms with Crippen LogP contribution >= 0.6 is 0 Å². The van der Waals surface area contributed by atoms with E-state index in [1.807, 2.05) is 0 Å². The highest BCUT2D eigenvalue weighted by Gasteiger charge is 2.45. The molecule has 1 aromatic rings. The zero-order chi connectivity index (χ0) is 17.3. The lowest BCUT2D eigenvalue weighted by Gasteiger charge is -2.35. The Morgan fingerprint density at radius 3 is 2.39 bits per heavy atom. The van der Waals surface area contributed by atoms with Gasteiger partial charge in [-0.2, -0.15) is 9.82 Å². The van der Waals surface area contributed by atoms with Gasteiger partial charge in [0.2, 0.25) is 10.0 Å². The first-order chi connectivity index (χ1) is 10.7. The minimum absolute atomic E-state index is 0.147. The number of sulfonamides is 1. The lowest BCUT2D eigenvalue weighted by Crippen LogP contribution is -2.56. The summed E-state index contributed by atoms with van der Waals surface area (Å²) in [6, 6.07) is 0. The van der Waals surface area contributed by atoms with Crippen LogP contribution in [0.25, 0.3) is 0 Å². The van der Waals surface area contributed by atoms with Crippen LogP contribution in [0.2, 0.25) is 0 Å². The van der Waals surface area contributed by atoms with Gasteiger partial charge in [0, 0.05) is 7.05 Å². The molecule has 1 heterocycles. The first-order valence-corrected chi connectivity index (χ1v) is 9.43. The average Bonchev–Trinajstić information content (AvgIpc) is 2.73. The van der Waals surface area contributed by atoms with Crippen molar-refractivity contribution >= 4 is 16.0 Å². The van der Waals surface area contributed by atoms with Crippen molar-refractivity contribution in [3.05, 3.63) is 11.4 Å². The van der Waals surface area contributed by atoms with Crippen molar-refractivity contribution in [2.24, 2.45) is 7.05 Å². The second-order valence-electron chi connectivity index (χ2n) is 6.09. The molecule has 0 amide bonds. The number of ether oxygens (including phenoxy) is 1. The minimum atomic E-state index is -3.86. The first-order valence-electron chi connectivity index (χ1n) is 7.95.